The summed E-state index contributed by atoms with van der Waals surface area (Å²) in [6.07, 6.45) is 0.729. The van der Waals surface area contributed by atoms with Crippen LogP contribution in [0, 0.1) is 11.7 Å². The van der Waals surface area contributed by atoms with Gasteiger partial charge in [0.1, 0.15) is 17.1 Å². The number of hydrogen-bond donors (Lipinski definition) is 1. The van der Waals surface area contributed by atoms with Gasteiger partial charge in [0.25, 0.3) is 5.91 Å². The first kappa shape index (κ1) is 23.8. The van der Waals surface area contributed by atoms with Crippen LogP contribution in [0.4, 0.5) is 4.39 Å². The Morgan fingerprint density at radius 3 is 2.76 bits per heavy atom. The van der Waals surface area contributed by atoms with Crippen LogP contribution >= 0.6 is 11.6 Å². The van der Waals surface area contributed by atoms with Crippen LogP contribution in [0.5, 0.6) is 5.75 Å². The lowest BCUT2D eigenvalue weighted by Crippen LogP contribution is -2.46. The summed E-state index contributed by atoms with van der Waals surface area (Å²) < 4.78 is 24.6. The van der Waals surface area contributed by atoms with Crippen LogP contribution in [0.2, 0.25) is 5.02 Å². The molecule has 2 atom stereocenters. The van der Waals surface area contributed by atoms with E-state index in [1.807, 2.05) is 0 Å². The number of amides is 1. The highest BCUT2D eigenvalue weighted by Gasteiger charge is 2.29. The second kappa shape index (κ2) is 9.85. The molecule has 2 aromatic carbocycles. The van der Waals surface area contributed by atoms with Crippen LogP contribution in [0.1, 0.15) is 26.2 Å². The van der Waals surface area contributed by atoms with Crippen molar-refractivity contribution in [2.75, 3.05) is 13.1 Å². The molecule has 1 amide bonds. The maximum Gasteiger partial charge on any atom is 0.336 e. The number of hydrogen-bond acceptors (Lipinski definition) is 5. The molecule has 9 heteroatoms. The quantitative estimate of drug-likeness (QED) is 0.505. The van der Waals surface area contributed by atoms with Crippen molar-refractivity contribution in [3.63, 3.8) is 0 Å². The Morgan fingerprint density at radius 2 is 2.03 bits per heavy atom. The lowest BCUT2D eigenvalue weighted by molar-refractivity contribution is -0.143. The van der Waals surface area contributed by atoms with Gasteiger partial charge < -0.3 is 19.2 Å². The van der Waals surface area contributed by atoms with E-state index in [9.17, 15) is 18.8 Å². The number of fused-ring (bicyclic) bond motifs is 1. The first-order chi connectivity index (χ1) is 16.2. The molecule has 1 saturated heterocycles. The molecule has 1 aromatic heterocycles. The average Bonchev–Trinajstić information content (AvgIpc) is 2.77. The summed E-state index contributed by atoms with van der Waals surface area (Å²) in [7, 11) is 0. The number of carbonyl (C=O) groups excluding carboxylic acids is 1. The Kier molecular flexibility index (Phi) is 6.88. The lowest BCUT2D eigenvalue weighted by atomic mass is 9.94. The largest absolute Gasteiger partial charge is 0.481 e. The number of piperidine rings is 1. The van der Waals surface area contributed by atoms with Gasteiger partial charge in [-0.1, -0.05) is 11.6 Å². The highest BCUT2D eigenvalue weighted by molar-refractivity contribution is 6.33. The van der Waals surface area contributed by atoms with E-state index in [1.165, 1.54) is 30.3 Å². The number of carboxylic acid groups (broad SMARTS) is 1. The fourth-order valence-electron chi connectivity index (χ4n) is 4.34. The van der Waals surface area contributed by atoms with Crippen molar-refractivity contribution in [2.45, 2.75) is 32.3 Å². The van der Waals surface area contributed by atoms with Crippen molar-refractivity contribution in [1.29, 1.82) is 0 Å². The van der Waals surface area contributed by atoms with Gasteiger partial charge in [-0.05, 0) is 56.0 Å². The molecule has 0 unspecified atom stereocenters. The number of likely N-dealkylation sites (tertiary alicyclic amines) is 1. The molecule has 3 aromatic rings. The molecule has 2 heterocycles. The third-order valence-corrected chi connectivity index (χ3v) is 6.20. The third-order valence-electron chi connectivity index (χ3n) is 5.89. The predicted molar refractivity (Wildman–Crippen MR) is 125 cm³/mol. The normalized spacial score (nSPS) is 16.9. The summed E-state index contributed by atoms with van der Waals surface area (Å²) in [6, 6.07) is 10.1. The average molecular weight is 488 g/mol. The second-order valence-corrected chi connectivity index (χ2v) is 8.82. The Balaban J connectivity index is 1.55. The molecule has 1 fully saturated rings. The molecule has 0 spiro atoms. The molecular formula is C25H23ClFNO6. The summed E-state index contributed by atoms with van der Waals surface area (Å²) in [6.45, 7) is 2.56. The smallest absolute Gasteiger partial charge is 0.336 e. The van der Waals surface area contributed by atoms with Gasteiger partial charge in [0.05, 0.1) is 5.02 Å². The summed E-state index contributed by atoms with van der Waals surface area (Å²) in [5.74, 6) is -1.34. The highest BCUT2D eigenvalue weighted by atomic mass is 35.5. The molecule has 178 valence electrons. The summed E-state index contributed by atoms with van der Waals surface area (Å²) >= 11 is 6.19. The summed E-state index contributed by atoms with van der Waals surface area (Å²) in [5, 5.41) is 9.77. The summed E-state index contributed by atoms with van der Waals surface area (Å²) in [5.41, 5.74) is 0.602. The van der Waals surface area contributed by atoms with E-state index >= 15 is 0 Å². The monoisotopic (exact) mass is 487 g/mol. The van der Waals surface area contributed by atoms with Crippen molar-refractivity contribution < 1.29 is 28.2 Å². The molecule has 1 aliphatic heterocycles. The Labute approximate surface area is 199 Å². The first-order valence-corrected chi connectivity index (χ1v) is 11.3. The van der Waals surface area contributed by atoms with E-state index in [4.69, 9.17) is 25.9 Å². The third kappa shape index (κ3) is 5.22. The number of carboxylic acids is 1. The van der Waals surface area contributed by atoms with E-state index < -0.39 is 23.5 Å². The molecule has 4 rings (SSSR count). The standard InChI is InChI=1S/C25H23ClFNO6/c1-14(25(32)28-8-2-3-15(13-28)9-23(29)30)33-17-5-7-19-20(12-24(31)34-22(19)11-17)18-6-4-16(27)10-21(18)26/h4-7,10-12,14-15H,2-3,8-9,13H2,1H3,(H,29,30)/t14-,15+/m1/s1. The molecule has 0 bridgehead atoms. The molecule has 0 radical (unpaired) electrons. The maximum atomic E-state index is 13.5. The SMILES string of the molecule is C[C@@H](Oc1ccc2c(-c3ccc(F)cc3Cl)cc(=O)oc2c1)C(=O)N1CCC[C@@H](CC(=O)O)C1. The van der Waals surface area contributed by atoms with Gasteiger partial charge in [-0.3, -0.25) is 9.59 Å². The van der Waals surface area contributed by atoms with Crippen molar-refractivity contribution >= 4 is 34.4 Å². The number of benzene rings is 2. The van der Waals surface area contributed by atoms with Gasteiger partial charge in [-0.15, -0.1) is 0 Å². The number of aliphatic carboxylic acids is 1. The Morgan fingerprint density at radius 1 is 1.24 bits per heavy atom. The van der Waals surface area contributed by atoms with E-state index in [0.29, 0.717) is 35.4 Å². The van der Waals surface area contributed by atoms with E-state index in [0.717, 1.165) is 12.8 Å². The molecule has 0 aliphatic carbocycles. The topological polar surface area (TPSA) is 97.0 Å². The second-order valence-electron chi connectivity index (χ2n) is 8.41. The number of nitrogens with zero attached hydrogens (tertiary/aromatic N) is 1. The molecular weight excluding hydrogens is 465 g/mol. The van der Waals surface area contributed by atoms with Crippen LogP contribution in [-0.4, -0.2) is 41.1 Å². The van der Waals surface area contributed by atoms with Crippen molar-refractivity contribution in [3.8, 4) is 16.9 Å². The molecule has 7 nitrogen and oxygen atoms in total. The minimum absolute atomic E-state index is 0.0309. The predicted octanol–water partition coefficient (Wildman–Crippen LogP) is 4.73. The van der Waals surface area contributed by atoms with Gasteiger partial charge in [0, 0.05) is 48.2 Å². The number of ether oxygens (including phenoxy) is 1. The van der Waals surface area contributed by atoms with E-state index in [2.05, 4.69) is 0 Å². The number of carbonyl (C=O) groups is 2. The minimum atomic E-state index is -0.873. The van der Waals surface area contributed by atoms with Crippen molar-refractivity contribution in [3.05, 3.63) is 63.7 Å². The van der Waals surface area contributed by atoms with E-state index in [1.54, 1.807) is 24.0 Å². The minimum Gasteiger partial charge on any atom is -0.481 e. The van der Waals surface area contributed by atoms with Gasteiger partial charge in [0.15, 0.2) is 6.10 Å². The van der Waals surface area contributed by atoms with Gasteiger partial charge in [-0.2, -0.15) is 0 Å². The zero-order valence-corrected chi connectivity index (χ0v) is 19.2. The summed E-state index contributed by atoms with van der Waals surface area (Å²) in [4.78, 5) is 37.7. The van der Waals surface area contributed by atoms with Crippen molar-refractivity contribution in [2.24, 2.45) is 5.92 Å². The fraction of sp³-hybridized carbons (Fsp3) is 0.320. The van der Waals surface area contributed by atoms with Crippen molar-refractivity contribution in [1.82, 2.24) is 4.90 Å². The maximum absolute atomic E-state index is 13.5. The van der Waals surface area contributed by atoms with Crippen LogP contribution in [0.25, 0.3) is 22.1 Å². The molecule has 1 aliphatic rings. The Bertz CT molecular complexity index is 1310. The van der Waals surface area contributed by atoms with Crippen LogP contribution < -0.4 is 10.4 Å². The number of rotatable bonds is 6. The first-order valence-electron chi connectivity index (χ1n) is 10.9. The molecule has 0 saturated carbocycles. The van der Waals surface area contributed by atoms with Gasteiger partial charge >= 0.3 is 11.6 Å². The van der Waals surface area contributed by atoms with Crippen LogP contribution in [0.3, 0.4) is 0 Å². The van der Waals surface area contributed by atoms with Crippen LogP contribution in [0.15, 0.2) is 51.7 Å². The Hall–Kier alpha value is -3.39. The fourth-order valence-corrected chi connectivity index (χ4v) is 4.61. The van der Waals surface area contributed by atoms with E-state index in [-0.39, 0.29) is 28.9 Å². The zero-order chi connectivity index (χ0) is 24.4. The van der Waals surface area contributed by atoms with Crippen LogP contribution in [-0.2, 0) is 9.59 Å². The lowest BCUT2D eigenvalue weighted by Gasteiger charge is -2.33. The molecule has 1 N–H and O–H groups in total. The molecule has 34 heavy (non-hydrogen) atoms. The zero-order valence-electron chi connectivity index (χ0n) is 18.4. The number of halogens is 2. The highest BCUT2D eigenvalue weighted by Crippen LogP contribution is 2.34. The van der Waals surface area contributed by atoms with Gasteiger partial charge in [-0.25, -0.2) is 9.18 Å². The van der Waals surface area contributed by atoms with Gasteiger partial charge in [0.2, 0.25) is 0 Å².